The molecule has 3 saturated carbocycles. The van der Waals surface area contributed by atoms with Gasteiger partial charge in [-0.2, -0.15) is 0 Å². The van der Waals surface area contributed by atoms with Gasteiger partial charge >= 0.3 is 37.9 Å². The van der Waals surface area contributed by atoms with Crippen LogP contribution in [0.5, 0.6) is 0 Å². The monoisotopic (exact) mass is 910 g/mol. The number of benzene rings is 1. The van der Waals surface area contributed by atoms with Crippen LogP contribution >= 0.6 is 80.7 Å². The molecule has 0 saturated heterocycles. The Hall–Kier alpha value is 2.34. The molecular weight excluding hydrogens is 866 g/mol. The Morgan fingerprint density at radius 2 is 1.08 bits per heavy atom. The van der Waals surface area contributed by atoms with E-state index in [0.717, 1.165) is 63.4 Å². The SMILES string of the molecule is CC1=Cc2c(Br)ccc(Br)c2C1.CC1C(C)C(C)C(C)C1C.CC1CC2C(Br)CCC(Br)C2C1.[CH3-].[CH3-].[Cl][Zr+2][Cl]. The van der Waals surface area contributed by atoms with Crippen molar-refractivity contribution in [2.45, 2.75) is 90.2 Å². The quantitative estimate of drug-likeness (QED) is 0.180. The minimum absolute atomic E-state index is 0. The van der Waals surface area contributed by atoms with E-state index in [-0.39, 0.29) is 14.9 Å². The molecule has 7 heteroatoms. The fraction of sp³-hybridized carbons (Fsp3) is 0.688. The van der Waals surface area contributed by atoms with Crippen molar-refractivity contribution in [1.29, 1.82) is 0 Å². The molecule has 1 aromatic carbocycles. The molecule has 1 aromatic rings. The van der Waals surface area contributed by atoms with Crippen molar-refractivity contribution in [3.63, 3.8) is 0 Å². The zero-order chi connectivity index (χ0) is 28.0. The van der Waals surface area contributed by atoms with Crippen LogP contribution in [0.1, 0.15) is 85.3 Å². The van der Waals surface area contributed by atoms with Gasteiger partial charge in [-0.15, -0.1) is 0 Å². The second-order valence-corrected chi connectivity index (χ2v) is 19.8. The zero-order valence-corrected chi connectivity index (χ0v) is 35.6. The normalized spacial score (nSPS) is 35.5. The van der Waals surface area contributed by atoms with Gasteiger partial charge < -0.3 is 14.9 Å². The molecule has 4 unspecified atom stereocenters. The molecule has 4 aliphatic carbocycles. The summed E-state index contributed by atoms with van der Waals surface area (Å²) in [7, 11) is 9.87. The van der Waals surface area contributed by atoms with Gasteiger partial charge in [-0.05, 0) is 110 Å². The molecule has 0 N–H and O–H groups in total. The third kappa shape index (κ3) is 11.3. The first-order chi connectivity index (χ1) is 17.3. The van der Waals surface area contributed by atoms with Crippen molar-refractivity contribution in [1.82, 2.24) is 0 Å². The standard InChI is InChI=1S/C10H16Br2.C10H8Br2.C10H20.2CH3.2ClH.Zr/c2*1-6-4-7-8(5-6)10(12)3-2-9(7)11;1-6-7(2)9(4)10(5)8(6)3;;;;;/h6-10H,2-5H2,1H3;2-4H,5H2,1H3;6-10H,1-5H3;2*1H3;2*1H;/q;;;2*-1;;;+4/p-2. The summed E-state index contributed by atoms with van der Waals surface area (Å²) in [6, 6.07) is 4.17. The molecule has 0 bridgehead atoms. The average Bonchev–Trinajstić information content (AvgIpc) is 3.50. The van der Waals surface area contributed by atoms with E-state index in [4.69, 9.17) is 17.0 Å². The van der Waals surface area contributed by atoms with Gasteiger partial charge in [0.05, 0.1) is 0 Å². The summed E-state index contributed by atoms with van der Waals surface area (Å²) in [6.07, 6.45) is 8.94. The number of allylic oxidation sites excluding steroid dienone is 1. The fourth-order valence-corrected chi connectivity index (χ4v) is 9.59. The summed E-state index contributed by atoms with van der Waals surface area (Å²) in [5.74, 6) is 7.55. The van der Waals surface area contributed by atoms with Crippen LogP contribution in [0.4, 0.5) is 0 Å². The van der Waals surface area contributed by atoms with E-state index in [1.807, 2.05) is 0 Å². The van der Waals surface area contributed by atoms with Gasteiger partial charge in [-0.1, -0.05) is 117 Å². The second kappa shape index (κ2) is 19.7. The number of hydrogen-bond acceptors (Lipinski definition) is 0. The fourth-order valence-electron chi connectivity index (χ4n) is 6.87. The van der Waals surface area contributed by atoms with Crippen LogP contribution in [-0.2, 0) is 27.3 Å². The van der Waals surface area contributed by atoms with E-state index in [9.17, 15) is 0 Å². The van der Waals surface area contributed by atoms with Crippen LogP contribution in [0.25, 0.3) is 6.08 Å². The van der Waals surface area contributed by atoms with E-state index in [1.54, 1.807) is 0 Å². The molecule has 39 heavy (non-hydrogen) atoms. The van der Waals surface area contributed by atoms with Gasteiger partial charge in [-0.3, -0.25) is 0 Å². The summed E-state index contributed by atoms with van der Waals surface area (Å²) in [4.78, 5) is 1.61. The van der Waals surface area contributed by atoms with E-state index >= 15 is 0 Å². The Kier molecular flexibility index (Phi) is 20.9. The van der Waals surface area contributed by atoms with Gasteiger partial charge in [0.25, 0.3) is 0 Å². The van der Waals surface area contributed by atoms with Crippen molar-refractivity contribution >= 4 is 86.8 Å². The number of hydrogen-bond donors (Lipinski definition) is 0. The number of alkyl halides is 2. The summed E-state index contributed by atoms with van der Waals surface area (Å²) in [5, 5.41) is 0. The van der Waals surface area contributed by atoms with Crippen LogP contribution in [0.3, 0.4) is 0 Å². The predicted molar refractivity (Wildman–Crippen MR) is 190 cm³/mol. The molecule has 224 valence electrons. The third-order valence-corrected chi connectivity index (χ3v) is 13.5. The third-order valence-electron chi connectivity index (χ3n) is 9.79. The van der Waals surface area contributed by atoms with Crippen molar-refractivity contribution in [3.8, 4) is 0 Å². The maximum atomic E-state index is 4.93. The van der Waals surface area contributed by atoms with Crippen molar-refractivity contribution in [2.24, 2.45) is 47.3 Å². The predicted octanol–water partition coefficient (Wildman–Crippen LogP) is 13.6. The summed E-state index contributed by atoms with van der Waals surface area (Å²) in [5.41, 5.74) is 4.17. The van der Waals surface area contributed by atoms with Crippen molar-refractivity contribution in [2.75, 3.05) is 0 Å². The number of halogens is 6. The number of rotatable bonds is 0. The molecule has 3 fully saturated rings. The first-order valence-electron chi connectivity index (χ1n) is 13.7. The average molecular weight is 916 g/mol. The summed E-state index contributed by atoms with van der Waals surface area (Å²) >= 11 is 13.9. The molecule has 0 amide bonds. The topological polar surface area (TPSA) is 0 Å². The molecule has 5 rings (SSSR count). The molecule has 0 aliphatic heterocycles. The van der Waals surface area contributed by atoms with E-state index in [2.05, 4.69) is 130 Å². The van der Waals surface area contributed by atoms with E-state index < -0.39 is 20.8 Å². The molecule has 0 heterocycles. The Bertz CT molecular complexity index is 832. The Balaban J connectivity index is 0.000000518. The molecule has 0 nitrogen and oxygen atoms in total. The Labute approximate surface area is 294 Å². The molecule has 4 aliphatic rings. The van der Waals surface area contributed by atoms with E-state index in [1.165, 1.54) is 51.3 Å². The van der Waals surface area contributed by atoms with Crippen molar-refractivity contribution < 1.29 is 20.8 Å². The summed E-state index contributed by atoms with van der Waals surface area (Å²) < 4.78 is 2.41. The molecule has 4 atom stereocenters. The van der Waals surface area contributed by atoms with Crippen LogP contribution in [0.15, 0.2) is 26.7 Å². The van der Waals surface area contributed by atoms with Gasteiger partial charge in [0.1, 0.15) is 0 Å². The van der Waals surface area contributed by atoms with Gasteiger partial charge in [0, 0.05) is 18.6 Å². The first kappa shape index (κ1) is 41.3. The summed E-state index contributed by atoms with van der Waals surface area (Å²) in [6.45, 7) is 16.6. The molecule has 0 radical (unpaired) electrons. The van der Waals surface area contributed by atoms with Crippen LogP contribution in [0.2, 0.25) is 0 Å². The van der Waals surface area contributed by atoms with Gasteiger partial charge in [-0.25, -0.2) is 0 Å². The zero-order valence-electron chi connectivity index (χ0n) is 25.3. The second-order valence-electron chi connectivity index (χ2n) is 12.0. The first-order valence-corrected chi connectivity index (χ1v) is 23.5. The molecule has 0 spiro atoms. The number of fused-ring (bicyclic) bond motifs is 2. The van der Waals surface area contributed by atoms with Crippen molar-refractivity contribution in [3.05, 3.63) is 52.6 Å². The minimum atomic E-state index is -0.826. The van der Waals surface area contributed by atoms with Gasteiger partial charge in [0.2, 0.25) is 0 Å². The van der Waals surface area contributed by atoms with Gasteiger partial charge in [0.15, 0.2) is 0 Å². The van der Waals surface area contributed by atoms with Crippen LogP contribution < -0.4 is 0 Å². The van der Waals surface area contributed by atoms with Crippen LogP contribution in [0, 0.1) is 62.2 Å². The van der Waals surface area contributed by atoms with E-state index in [0.29, 0.717) is 0 Å². The maximum absolute atomic E-state index is 4.93. The van der Waals surface area contributed by atoms with Crippen LogP contribution in [-0.4, -0.2) is 9.65 Å². The molecule has 0 aromatic heterocycles. The molecular formula is C32H50Br4Cl2Zr. The Morgan fingerprint density at radius 3 is 1.44 bits per heavy atom. The Morgan fingerprint density at radius 1 is 0.718 bits per heavy atom.